The van der Waals surface area contributed by atoms with Crippen LogP contribution in [0.15, 0.2) is 18.2 Å². The SMILES string of the molecule is O=C(O)c1ccc2c(c1)NC(=O)C1CCCCCN21. The summed E-state index contributed by atoms with van der Waals surface area (Å²) in [6.45, 7) is 0.859. The van der Waals surface area contributed by atoms with Crippen molar-refractivity contribution >= 4 is 23.3 Å². The number of nitrogens with zero attached hydrogens (tertiary/aromatic N) is 1. The summed E-state index contributed by atoms with van der Waals surface area (Å²) in [5.74, 6) is -0.994. The summed E-state index contributed by atoms with van der Waals surface area (Å²) in [6.07, 6.45) is 4.15. The third kappa shape index (κ3) is 2.05. The van der Waals surface area contributed by atoms with Gasteiger partial charge in [0.05, 0.1) is 16.9 Å². The minimum atomic E-state index is -0.977. The Hall–Kier alpha value is -2.04. The zero-order valence-corrected chi connectivity index (χ0v) is 10.6. The topological polar surface area (TPSA) is 69.6 Å². The van der Waals surface area contributed by atoms with Crippen LogP contribution in [0, 0.1) is 0 Å². The van der Waals surface area contributed by atoms with Crippen molar-refractivity contribution in [2.45, 2.75) is 31.7 Å². The molecule has 0 radical (unpaired) electrons. The molecule has 2 aliphatic rings. The number of nitrogens with one attached hydrogen (secondary N) is 1. The number of carbonyl (C=O) groups is 2. The summed E-state index contributed by atoms with van der Waals surface area (Å²) >= 11 is 0. The third-order valence-corrected chi connectivity index (χ3v) is 3.87. The lowest BCUT2D eigenvalue weighted by Gasteiger charge is -2.37. The van der Waals surface area contributed by atoms with E-state index in [0.717, 1.165) is 37.9 Å². The van der Waals surface area contributed by atoms with Crippen molar-refractivity contribution in [3.8, 4) is 0 Å². The van der Waals surface area contributed by atoms with Gasteiger partial charge >= 0.3 is 5.97 Å². The van der Waals surface area contributed by atoms with Crippen LogP contribution in [0.2, 0.25) is 0 Å². The molecule has 0 bridgehead atoms. The summed E-state index contributed by atoms with van der Waals surface area (Å²) in [5.41, 5.74) is 1.76. The Morgan fingerprint density at radius 3 is 2.95 bits per heavy atom. The molecular formula is C14H16N2O3. The van der Waals surface area contributed by atoms with Gasteiger partial charge in [-0.25, -0.2) is 4.79 Å². The van der Waals surface area contributed by atoms with Gasteiger partial charge in [0.15, 0.2) is 0 Å². The number of hydrogen-bond acceptors (Lipinski definition) is 3. The fourth-order valence-electron chi connectivity index (χ4n) is 2.90. The lowest BCUT2D eigenvalue weighted by molar-refractivity contribution is -0.117. The summed E-state index contributed by atoms with van der Waals surface area (Å²) in [7, 11) is 0. The smallest absolute Gasteiger partial charge is 0.335 e. The largest absolute Gasteiger partial charge is 0.478 e. The molecule has 1 fully saturated rings. The highest BCUT2D eigenvalue weighted by Crippen LogP contribution is 2.35. The minimum Gasteiger partial charge on any atom is -0.478 e. The standard InChI is InChI=1S/C14H16N2O3/c17-13-12-4-2-1-3-7-16(12)11-6-5-9(14(18)19)8-10(11)15-13/h5-6,8,12H,1-4,7H2,(H,15,17)(H,18,19). The van der Waals surface area contributed by atoms with Gasteiger partial charge in [-0.15, -0.1) is 0 Å². The molecule has 0 aromatic heterocycles. The number of aromatic carboxylic acids is 1. The molecule has 19 heavy (non-hydrogen) atoms. The normalized spacial score (nSPS) is 22.0. The second kappa shape index (κ2) is 4.57. The minimum absolute atomic E-state index is 0.0167. The lowest BCUT2D eigenvalue weighted by Crippen LogP contribution is -2.47. The van der Waals surface area contributed by atoms with Gasteiger partial charge in [0, 0.05) is 6.54 Å². The summed E-state index contributed by atoms with van der Waals surface area (Å²) in [4.78, 5) is 25.2. The Balaban J connectivity index is 2.03. The van der Waals surface area contributed by atoms with Crippen molar-refractivity contribution in [1.82, 2.24) is 0 Å². The predicted octanol–water partition coefficient (Wildman–Crippen LogP) is 2.09. The molecule has 0 saturated carbocycles. The van der Waals surface area contributed by atoms with Crippen molar-refractivity contribution in [3.05, 3.63) is 23.8 Å². The first kappa shape index (κ1) is 12.0. The average molecular weight is 260 g/mol. The van der Waals surface area contributed by atoms with E-state index in [1.54, 1.807) is 12.1 Å². The Bertz CT molecular complexity index is 541. The van der Waals surface area contributed by atoms with Crippen molar-refractivity contribution in [2.75, 3.05) is 16.8 Å². The van der Waals surface area contributed by atoms with Crippen molar-refractivity contribution < 1.29 is 14.7 Å². The number of carboxylic acids is 1. The van der Waals surface area contributed by atoms with E-state index in [2.05, 4.69) is 10.2 Å². The summed E-state index contributed by atoms with van der Waals surface area (Å²) in [5, 5.41) is 11.8. The van der Waals surface area contributed by atoms with Crippen LogP contribution in [0.3, 0.4) is 0 Å². The Kier molecular flexibility index (Phi) is 2.89. The van der Waals surface area contributed by atoms with E-state index >= 15 is 0 Å². The first-order valence-electron chi connectivity index (χ1n) is 6.61. The molecule has 2 N–H and O–H groups in total. The maximum Gasteiger partial charge on any atom is 0.335 e. The molecule has 1 unspecified atom stereocenters. The number of carboxylic acid groups (broad SMARTS) is 1. The van der Waals surface area contributed by atoms with E-state index in [0.29, 0.717) is 5.69 Å². The summed E-state index contributed by atoms with van der Waals surface area (Å²) in [6, 6.07) is 4.83. The highest BCUT2D eigenvalue weighted by atomic mass is 16.4. The number of amides is 1. The van der Waals surface area contributed by atoms with Gasteiger partial charge in [0.25, 0.3) is 0 Å². The Morgan fingerprint density at radius 2 is 2.16 bits per heavy atom. The van der Waals surface area contributed by atoms with E-state index in [9.17, 15) is 9.59 Å². The van der Waals surface area contributed by atoms with Gasteiger partial charge in [0.2, 0.25) is 5.91 Å². The molecule has 2 heterocycles. The number of fused-ring (bicyclic) bond motifs is 3. The van der Waals surface area contributed by atoms with Gasteiger partial charge in [-0.1, -0.05) is 12.8 Å². The van der Waals surface area contributed by atoms with Gasteiger partial charge in [-0.2, -0.15) is 0 Å². The van der Waals surface area contributed by atoms with Gasteiger partial charge in [-0.3, -0.25) is 4.79 Å². The molecule has 5 heteroatoms. The van der Waals surface area contributed by atoms with E-state index < -0.39 is 5.97 Å². The molecule has 0 spiro atoms. The molecule has 100 valence electrons. The van der Waals surface area contributed by atoms with Crippen molar-refractivity contribution in [3.63, 3.8) is 0 Å². The zero-order valence-electron chi connectivity index (χ0n) is 10.6. The zero-order chi connectivity index (χ0) is 13.4. The molecule has 3 rings (SSSR count). The monoisotopic (exact) mass is 260 g/mol. The predicted molar refractivity (Wildman–Crippen MR) is 71.6 cm³/mol. The van der Waals surface area contributed by atoms with Crippen LogP contribution in [-0.4, -0.2) is 29.6 Å². The number of hydrogen-bond donors (Lipinski definition) is 2. The highest BCUT2D eigenvalue weighted by molar-refractivity contribution is 6.05. The molecule has 2 aliphatic heterocycles. The Labute approximate surface area is 111 Å². The molecule has 1 amide bonds. The van der Waals surface area contributed by atoms with E-state index in [-0.39, 0.29) is 17.5 Å². The van der Waals surface area contributed by atoms with Crippen LogP contribution in [0.5, 0.6) is 0 Å². The van der Waals surface area contributed by atoms with Crippen molar-refractivity contribution in [1.29, 1.82) is 0 Å². The van der Waals surface area contributed by atoms with Crippen LogP contribution < -0.4 is 10.2 Å². The van der Waals surface area contributed by atoms with Crippen LogP contribution in [0.4, 0.5) is 11.4 Å². The van der Waals surface area contributed by atoms with Crippen LogP contribution in [-0.2, 0) is 4.79 Å². The fraction of sp³-hybridized carbons (Fsp3) is 0.429. The molecule has 5 nitrogen and oxygen atoms in total. The number of anilines is 2. The van der Waals surface area contributed by atoms with Gasteiger partial charge in [0.1, 0.15) is 6.04 Å². The molecule has 1 aromatic carbocycles. The molecule has 0 aliphatic carbocycles. The molecule has 1 aromatic rings. The van der Waals surface area contributed by atoms with E-state index in [1.807, 2.05) is 0 Å². The lowest BCUT2D eigenvalue weighted by atomic mass is 10.0. The number of carbonyl (C=O) groups excluding carboxylic acids is 1. The fourth-order valence-corrected chi connectivity index (χ4v) is 2.90. The maximum atomic E-state index is 12.1. The third-order valence-electron chi connectivity index (χ3n) is 3.87. The average Bonchev–Trinajstić information content (AvgIpc) is 2.64. The second-order valence-corrected chi connectivity index (χ2v) is 5.08. The highest BCUT2D eigenvalue weighted by Gasteiger charge is 2.33. The molecule has 1 saturated heterocycles. The summed E-state index contributed by atoms with van der Waals surface area (Å²) < 4.78 is 0. The first-order valence-corrected chi connectivity index (χ1v) is 6.61. The van der Waals surface area contributed by atoms with Crippen molar-refractivity contribution in [2.24, 2.45) is 0 Å². The molecular weight excluding hydrogens is 244 g/mol. The van der Waals surface area contributed by atoms with Crippen LogP contribution in [0.1, 0.15) is 36.0 Å². The van der Waals surface area contributed by atoms with E-state index in [4.69, 9.17) is 5.11 Å². The van der Waals surface area contributed by atoms with Gasteiger partial charge in [-0.05, 0) is 31.0 Å². The quantitative estimate of drug-likeness (QED) is 0.811. The van der Waals surface area contributed by atoms with Gasteiger partial charge < -0.3 is 15.3 Å². The number of rotatable bonds is 1. The first-order chi connectivity index (χ1) is 9.16. The Morgan fingerprint density at radius 1 is 1.32 bits per heavy atom. The maximum absolute atomic E-state index is 12.1. The number of benzene rings is 1. The second-order valence-electron chi connectivity index (χ2n) is 5.08. The molecule has 1 atom stereocenters. The van der Waals surface area contributed by atoms with Crippen LogP contribution >= 0.6 is 0 Å². The van der Waals surface area contributed by atoms with E-state index in [1.165, 1.54) is 6.07 Å². The van der Waals surface area contributed by atoms with Crippen LogP contribution in [0.25, 0.3) is 0 Å².